The third-order valence-electron chi connectivity index (χ3n) is 3.29. The van der Waals surface area contributed by atoms with E-state index >= 15 is 0 Å². The van der Waals surface area contributed by atoms with E-state index < -0.39 is 0 Å². The Bertz CT molecular complexity index is 720. The summed E-state index contributed by atoms with van der Waals surface area (Å²) in [4.78, 5) is 11.9. The lowest BCUT2D eigenvalue weighted by molar-refractivity contribution is -0.121. The SMILES string of the molecule is C[C@H](NC(=O)Cc1ccon1)c1ccc(-n2ccnn2)cc1. The fraction of sp³-hybridized carbons (Fsp3) is 0.200. The second kappa shape index (κ2) is 6.21. The van der Waals surface area contributed by atoms with Crippen molar-refractivity contribution in [2.45, 2.75) is 19.4 Å². The first-order chi connectivity index (χ1) is 10.7. The van der Waals surface area contributed by atoms with Gasteiger partial charge in [0.05, 0.1) is 36.2 Å². The summed E-state index contributed by atoms with van der Waals surface area (Å²) in [6, 6.07) is 9.37. The lowest BCUT2D eigenvalue weighted by Crippen LogP contribution is -2.28. The van der Waals surface area contributed by atoms with Crippen LogP contribution in [-0.2, 0) is 11.2 Å². The van der Waals surface area contributed by atoms with Crippen LogP contribution in [0.25, 0.3) is 5.69 Å². The van der Waals surface area contributed by atoms with E-state index in [9.17, 15) is 4.79 Å². The molecule has 0 aliphatic heterocycles. The van der Waals surface area contributed by atoms with Gasteiger partial charge in [0.15, 0.2) is 0 Å². The highest BCUT2D eigenvalue weighted by atomic mass is 16.5. The van der Waals surface area contributed by atoms with Crippen molar-refractivity contribution in [2.24, 2.45) is 0 Å². The maximum absolute atomic E-state index is 11.9. The molecule has 0 aliphatic carbocycles. The second-order valence-electron chi connectivity index (χ2n) is 4.90. The molecule has 0 saturated carbocycles. The zero-order valence-corrected chi connectivity index (χ0v) is 12.0. The van der Waals surface area contributed by atoms with E-state index in [4.69, 9.17) is 4.52 Å². The molecule has 0 aliphatic rings. The fourth-order valence-electron chi connectivity index (χ4n) is 2.13. The minimum Gasteiger partial charge on any atom is -0.364 e. The topological polar surface area (TPSA) is 85.8 Å². The molecule has 2 aromatic heterocycles. The molecule has 2 heterocycles. The first-order valence-electron chi connectivity index (χ1n) is 6.87. The zero-order chi connectivity index (χ0) is 15.4. The number of benzene rings is 1. The molecule has 3 rings (SSSR count). The van der Waals surface area contributed by atoms with Crippen molar-refractivity contribution in [3.05, 3.63) is 60.2 Å². The molecule has 7 nitrogen and oxygen atoms in total. The minimum atomic E-state index is -0.0956. The molecule has 112 valence electrons. The average molecular weight is 297 g/mol. The maximum Gasteiger partial charge on any atom is 0.226 e. The summed E-state index contributed by atoms with van der Waals surface area (Å²) in [7, 11) is 0. The van der Waals surface area contributed by atoms with E-state index in [1.807, 2.05) is 31.2 Å². The number of amides is 1. The molecule has 1 amide bonds. The largest absolute Gasteiger partial charge is 0.364 e. The third kappa shape index (κ3) is 3.20. The third-order valence-corrected chi connectivity index (χ3v) is 3.29. The number of carbonyl (C=O) groups excluding carboxylic acids is 1. The molecule has 0 unspecified atom stereocenters. The van der Waals surface area contributed by atoms with Crippen LogP contribution in [0.1, 0.15) is 24.2 Å². The second-order valence-corrected chi connectivity index (χ2v) is 4.90. The molecule has 3 aromatic rings. The molecule has 1 aromatic carbocycles. The van der Waals surface area contributed by atoms with Gasteiger partial charge in [-0.3, -0.25) is 4.79 Å². The van der Waals surface area contributed by atoms with Gasteiger partial charge in [-0.15, -0.1) is 5.10 Å². The quantitative estimate of drug-likeness (QED) is 0.774. The maximum atomic E-state index is 11.9. The van der Waals surface area contributed by atoms with Crippen LogP contribution in [0.15, 0.2) is 53.5 Å². The Labute approximate surface area is 126 Å². The fourth-order valence-corrected chi connectivity index (χ4v) is 2.13. The van der Waals surface area contributed by atoms with Crippen LogP contribution in [0, 0.1) is 0 Å². The van der Waals surface area contributed by atoms with Crippen LogP contribution in [0.2, 0.25) is 0 Å². The number of nitrogens with zero attached hydrogens (tertiary/aromatic N) is 4. The van der Waals surface area contributed by atoms with Gasteiger partial charge >= 0.3 is 0 Å². The van der Waals surface area contributed by atoms with E-state index in [1.54, 1.807) is 23.1 Å². The van der Waals surface area contributed by atoms with Crippen LogP contribution in [0.5, 0.6) is 0 Å². The van der Waals surface area contributed by atoms with E-state index in [-0.39, 0.29) is 18.4 Å². The summed E-state index contributed by atoms with van der Waals surface area (Å²) in [5.74, 6) is -0.0956. The Morgan fingerprint density at radius 3 is 2.77 bits per heavy atom. The van der Waals surface area contributed by atoms with Gasteiger partial charge in [0.25, 0.3) is 0 Å². The van der Waals surface area contributed by atoms with Crippen molar-refractivity contribution in [1.82, 2.24) is 25.5 Å². The first kappa shape index (κ1) is 14.0. The summed E-state index contributed by atoms with van der Waals surface area (Å²) in [6.07, 6.45) is 5.06. The Balaban J connectivity index is 1.62. The Morgan fingerprint density at radius 2 is 2.14 bits per heavy atom. The molecular formula is C15H15N5O2. The number of hydrogen-bond donors (Lipinski definition) is 1. The van der Waals surface area contributed by atoms with Crippen LogP contribution >= 0.6 is 0 Å². The lowest BCUT2D eigenvalue weighted by Gasteiger charge is -2.14. The molecule has 1 N–H and O–H groups in total. The van der Waals surface area contributed by atoms with Crippen molar-refractivity contribution < 1.29 is 9.32 Å². The van der Waals surface area contributed by atoms with Gasteiger partial charge < -0.3 is 9.84 Å². The van der Waals surface area contributed by atoms with Crippen molar-refractivity contribution in [2.75, 3.05) is 0 Å². The van der Waals surface area contributed by atoms with Gasteiger partial charge in [-0.05, 0) is 24.6 Å². The highest BCUT2D eigenvalue weighted by Gasteiger charge is 2.11. The minimum absolute atomic E-state index is 0.0933. The average Bonchev–Trinajstić information content (AvgIpc) is 3.20. The van der Waals surface area contributed by atoms with Gasteiger partial charge in [0, 0.05) is 6.07 Å². The number of aromatic nitrogens is 4. The van der Waals surface area contributed by atoms with Gasteiger partial charge in [-0.25, -0.2) is 4.68 Å². The van der Waals surface area contributed by atoms with Crippen molar-refractivity contribution in [1.29, 1.82) is 0 Å². The number of nitrogens with one attached hydrogen (secondary N) is 1. The van der Waals surface area contributed by atoms with Gasteiger partial charge in [-0.1, -0.05) is 22.5 Å². The first-order valence-corrected chi connectivity index (χ1v) is 6.87. The van der Waals surface area contributed by atoms with Gasteiger partial charge in [0.1, 0.15) is 6.26 Å². The van der Waals surface area contributed by atoms with Crippen LogP contribution in [-0.4, -0.2) is 26.1 Å². The summed E-state index contributed by atoms with van der Waals surface area (Å²) in [6.45, 7) is 1.94. The number of hydrogen-bond acceptors (Lipinski definition) is 5. The van der Waals surface area contributed by atoms with Gasteiger partial charge in [0.2, 0.25) is 5.91 Å². The van der Waals surface area contributed by atoms with E-state index in [0.717, 1.165) is 11.3 Å². The normalized spacial score (nSPS) is 12.0. The van der Waals surface area contributed by atoms with E-state index in [0.29, 0.717) is 5.69 Å². The molecular weight excluding hydrogens is 282 g/mol. The summed E-state index contributed by atoms with van der Waals surface area (Å²) >= 11 is 0. The Kier molecular flexibility index (Phi) is 3.95. The molecule has 0 saturated heterocycles. The molecule has 7 heteroatoms. The Hall–Kier alpha value is -2.96. The van der Waals surface area contributed by atoms with E-state index in [1.165, 1.54) is 6.26 Å². The van der Waals surface area contributed by atoms with E-state index in [2.05, 4.69) is 20.8 Å². The zero-order valence-electron chi connectivity index (χ0n) is 12.0. The molecule has 1 atom stereocenters. The smallest absolute Gasteiger partial charge is 0.226 e. The van der Waals surface area contributed by atoms with Crippen molar-refractivity contribution in [3.8, 4) is 5.69 Å². The lowest BCUT2D eigenvalue weighted by atomic mass is 10.1. The molecule has 0 radical (unpaired) electrons. The van der Waals surface area contributed by atoms with Crippen LogP contribution < -0.4 is 5.32 Å². The number of rotatable bonds is 5. The molecule has 0 fully saturated rings. The van der Waals surface area contributed by atoms with Crippen molar-refractivity contribution >= 4 is 5.91 Å². The van der Waals surface area contributed by atoms with Crippen LogP contribution in [0.4, 0.5) is 0 Å². The summed E-state index contributed by atoms with van der Waals surface area (Å²) in [5.41, 5.74) is 2.55. The predicted molar refractivity (Wildman–Crippen MR) is 78.1 cm³/mol. The van der Waals surface area contributed by atoms with Gasteiger partial charge in [-0.2, -0.15) is 0 Å². The molecule has 0 bridgehead atoms. The highest BCUT2D eigenvalue weighted by Crippen LogP contribution is 2.15. The highest BCUT2D eigenvalue weighted by molar-refractivity contribution is 5.78. The monoisotopic (exact) mass is 297 g/mol. The van der Waals surface area contributed by atoms with Crippen LogP contribution in [0.3, 0.4) is 0 Å². The summed E-state index contributed by atoms with van der Waals surface area (Å²) in [5, 5.41) is 14.4. The summed E-state index contributed by atoms with van der Waals surface area (Å²) < 4.78 is 6.39. The molecule has 0 spiro atoms. The number of carbonyl (C=O) groups is 1. The predicted octanol–water partition coefficient (Wildman–Crippen LogP) is 1.68. The van der Waals surface area contributed by atoms with Crippen molar-refractivity contribution in [3.63, 3.8) is 0 Å². The molecule has 22 heavy (non-hydrogen) atoms. The standard InChI is InChI=1S/C15H15N5O2/c1-11(17-15(21)10-13-6-9-22-18-13)12-2-4-14(5-3-12)20-8-7-16-19-20/h2-9,11H,10H2,1H3,(H,17,21)/t11-/m0/s1. The Morgan fingerprint density at radius 1 is 1.32 bits per heavy atom.